The smallest absolute Gasteiger partial charge is 0.234 e. The molecule has 0 fully saturated rings. The van der Waals surface area contributed by atoms with Crippen LogP contribution in [0.15, 0.2) is 53.8 Å². The lowest BCUT2D eigenvalue weighted by Crippen LogP contribution is -2.15. The van der Waals surface area contributed by atoms with E-state index in [1.54, 1.807) is 6.20 Å². The number of carbonyl (C=O) groups is 1. The number of carbonyl (C=O) groups excluding carboxylic acids is 1. The van der Waals surface area contributed by atoms with Crippen LogP contribution in [0.25, 0.3) is 0 Å². The topological polar surface area (TPSA) is 67.1 Å². The van der Waals surface area contributed by atoms with E-state index in [0.717, 1.165) is 27.7 Å². The van der Waals surface area contributed by atoms with Crippen molar-refractivity contribution >= 4 is 23.4 Å². The second kappa shape index (κ2) is 9.08. The van der Waals surface area contributed by atoms with E-state index in [1.165, 1.54) is 22.9 Å². The molecule has 146 valence electrons. The minimum Gasteiger partial charge on any atom is -0.390 e. The number of aromatic nitrogens is 2. The molecule has 1 heterocycles. The fraction of sp³-hybridized carbons (Fsp3) is 0.273. The molecular formula is C22H25N3O2S. The Hall–Kier alpha value is -2.57. The van der Waals surface area contributed by atoms with Crippen LogP contribution in [0.1, 0.15) is 27.9 Å². The fourth-order valence-electron chi connectivity index (χ4n) is 2.95. The first-order valence-electron chi connectivity index (χ1n) is 9.17. The molecular weight excluding hydrogens is 370 g/mol. The maximum Gasteiger partial charge on any atom is 0.234 e. The van der Waals surface area contributed by atoms with E-state index >= 15 is 0 Å². The molecule has 1 aromatic heterocycles. The van der Waals surface area contributed by atoms with E-state index in [4.69, 9.17) is 0 Å². The van der Waals surface area contributed by atoms with Crippen LogP contribution >= 0.6 is 11.8 Å². The molecule has 3 aromatic rings. The summed E-state index contributed by atoms with van der Waals surface area (Å²) in [5.41, 5.74) is 6.10. The number of rotatable bonds is 7. The quantitative estimate of drug-likeness (QED) is 0.592. The van der Waals surface area contributed by atoms with Gasteiger partial charge in [0.1, 0.15) is 0 Å². The van der Waals surface area contributed by atoms with Crippen LogP contribution in [0, 0.1) is 20.8 Å². The SMILES string of the molecule is Cc1ccc(Cn2c(CO)cnc2SCC(=O)Nc2ccc(C)cc2C)cc1. The molecule has 2 N–H and O–H groups in total. The zero-order valence-electron chi connectivity index (χ0n) is 16.4. The summed E-state index contributed by atoms with van der Waals surface area (Å²) in [7, 11) is 0. The van der Waals surface area contributed by atoms with Crippen molar-refractivity contribution in [3.05, 3.63) is 76.6 Å². The number of benzene rings is 2. The maximum absolute atomic E-state index is 12.4. The second-order valence-electron chi connectivity index (χ2n) is 6.92. The van der Waals surface area contributed by atoms with E-state index in [0.29, 0.717) is 6.54 Å². The highest BCUT2D eigenvalue weighted by Crippen LogP contribution is 2.22. The maximum atomic E-state index is 12.4. The Bertz CT molecular complexity index is 964. The van der Waals surface area contributed by atoms with Gasteiger partial charge in [0.25, 0.3) is 0 Å². The highest BCUT2D eigenvalue weighted by molar-refractivity contribution is 7.99. The summed E-state index contributed by atoms with van der Waals surface area (Å²) in [5, 5.41) is 13.3. The Kier molecular flexibility index (Phi) is 6.54. The summed E-state index contributed by atoms with van der Waals surface area (Å²) < 4.78 is 1.96. The summed E-state index contributed by atoms with van der Waals surface area (Å²) in [6, 6.07) is 14.2. The lowest BCUT2D eigenvalue weighted by atomic mass is 10.1. The number of thioether (sulfide) groups is 1. The summed E-state index contributed by atoms with van der Waals surface area (Å²) in [5.74, 6) is 0.177. The third kappa shape index (κ3) is 5.03. The number of nitrogens with one attached hydrogen (secondary N) is 1. The zero-order valence-corrected chi connectivity index (χ0v) is 17.2. The number of hydrogen-bond acceptors (Lipinski definition) is 4. The van der Waals surface area contributed by atoms with E-state index in [-0.39, 0.29) is 18.3 Å². The number of nitrogens with zero attached hydrogens (tertiary/aromatic N) is 2. The first kappa shape index (κ1) is 20.2. The van der Waals surface area contributed by atoms with Crippen LogP contribution in [0.4, 0.5) is 5.69 Å². The molecule has 0 saturated heterocycles. The average molecular weight is 396 g/mol. The largest absolute Gasteiger partial charge is 0.390 e. The first-order chi connectivity index (χ1) is 13.5. The predicted molar refractivity (Wildman–Crippen MR) is 114 cm³/mol. The van der Waals surface area contributed by atoms with Crippen molar-refractivity contribution in [2.24, 2.45) is 0 Å². The molecule has 0 radical (unpaired) electrons. The van der Waals surface area contributed by atoms with E-state index in [1.807, 2.05) is 36.6 Å². The normalized spacial score (nSPS) is 10.9. The highest BCUT2D eigenvalue weighted by Gasteiger charge is 2.13. The Labute approximate surface area is 169 Å². The number of anilines is 1. The van der Waals surface area contributed by atoms with Gasteiger partial charge in [-0.1, -0.05) is 59.3 Å². The molecule has 3 rings (SSSR count). The minimum atomic E-state index is -0.0891. The molecule has 0 bridgehead atoms. The van der Waals surface area contributed by atoms with Gasteiger partial charge in [0.2, 0.25) is 5.91 Å². The Balaban J connectivity index is 1.67. The van der Waals surface area contributed by atoms with Crippen LogP contribution < -0.4 is 5.32 Å². The molecule has 0 unspecified atom stereocenters. The van der Waals surface area contributed by atoms with Crippen molar-refractivity contribution < 1.29 is 9.90 Å². The number of amides is 1. The standard InChI is InChI=1S/C22H25N3O2S/c1-15-4-7-18(8-5-15)12-25-19(13-26)11-23-22(25)28-14-21(27)24-20-9-6-16(2)10-17(20)3/h4-11,26H,12-14H2,1-3H3,(H,24,27). The van der Waals surface area contributed by atoms with Gasteiger partial charge >= 0.3 is 0 Å². The first-order valence-corrected chi connectivity index (χ1v) is 10.2. The van der Waals surface area contributed by atoms with Gasteiger partial charge in [0, 0.05) is 12.2 Å². The van der Waals surface area contributed by atoms with Gasteiger partial charge in [-0.3, -0.25) is 4.79 Å². The van der Waals surface area contributed by atoms with Crippen molar-refractivity contribution in [1.29, 1.82) is 0 Å². The van der Waals surface area contributed by atoms with Crippen molar-refractivity contribution in [2.75, 3.05) is 11.1 Å². The number of aliphatic hydroxyl groups is 1. The lowest BCUT2D eigenvalue weighted by molar-refractivity contribution is -0.113. The van der Waals surface area contributed by atoms with Crippen LogP contribution in [-0.2, 0) is 17.9 Å². The molecule has 28 heavy (non-hydrogen) atoms. The molecule has 0 spiro atoms. The van der Waals surface area contributed by atoms with Gasteiger partial charge in [0.05, 0.1) is 24.3 Å². The van der Waals surface area contributed by atoms with Gasteiger partial charge in [-0.25, -0.2) is 4.98 Å². The molecule has 1 amide bonds. The zero-order chi connectivity index (χ0) is 20.1. The number of hydrogen-bond donors (Lipinski definition) is 2. The third-order valence-corrected chi connectivity index (χ3v) is 5.50. The molecule has 0 aliphatic rings. The van der Waals surface area contributed by atoms with Crippen LogP contribution in [0.5, 0.6) is 0 Å². The monoisotopic (exact) mass is 395 g/mol. The third-order valence-electron chi connectivity index (χ3n) is 4.51. The van der Waals surface area contributed by atoms with Gasteiger partial charge in [-0.2, -0.15) is 0 Å². The molecule has 6 heteroatoms. The van der Waals surface area contributed by atoms with Crippen molar-refractivity contribution in [1.82, 2.24) is 9.55 Å². The molecule has 0 saturated carbocycles. The minimum absolute atomic E-state index is 0.0765. The van der Waals surface area contributed by atoms with E-state index < -0.39 is 0 Å². The van der Waals surface area contributed by atoms with Crippen LogP contribution in [0.2, 0.25) is 0 Å². The van der Waals surface area contributed by atoms with E-state index in [2.05, 4.69) is 41.5 Å². The number of imidazole rings is 1. The lowest BCUT2D eigenvalue weighted by Gasteiger charge is -2.12. The van der Waals surface area contributed by atoms with Gasteiger partial charge in [0.15, 0.2) is 5.16 Å². The molecule has 2 aromatic carbocycles. The van der Waals surface area contributed by atoms with Crippen molar-refractivity contribution in [2.45, 2.75) is 39.1 Å². The Morgan fingerprint density at radius 2 is 1.82 bits per heavy atom. The molecule has 0 aliphatic heterocycles. The average Bonchev–Trinajstić information content (AvgIpc) is 3.06. The summed E-state index contributed by atoms with van der Waals surface area (Å²) in [6.45, 7) is 6.58. The van der Waals surface area contributed by atoms with Gasteiger partial charge in [-0.15, -0.1) is 0 Å². The fourth-order valence-corrected chi connectivity index (χ4v) is 3.75. The van der Waals surface area contributed by atoms with Crippen molar-refractivity contribution in [3.63, 3.8) is 0 Å². The Morgan fingerprint density at radius 3 is 2.50 bits per heavy atom. The highest BCUT2D eigenvalue weighted by atomic mass is 32.2. The molecule has 0 atom stereocenters. The summed E-state index contributed by atoms with van der Waals surface area (Å²) >= 11 is 1.37. The second-order valence-corrected chi connectivity index (χ2v) is 7.86. The van der Waals surface area contributed by atoms with Gasteiger partial charge in [-0.05, 0) is 38.0 Å². The number of aryl methyl sites for hydroxylation is 3. The van der Waals surface area contributed by atoms with Gasteiger partial charge < -0.3 is 15.0 Å². The summed E-state index contributed by atoms with van der Waals surface area (Å²) in [4.78, 5) is 16.8. The summed E-state index contributed by atoms with van der Waals surface area (Å²) in [6.07, 6.45) is 1.67. The molecule has 5 nitrogen and oxygen atoms in total. The van der Waals surface area contributed by atoms with E-state index in [9.17, 15) is 9.90 Å². The Morgan fingerprint density at radius 1 is 1.11 bits per heavy atom. The predicted octanol–water partition coefficient (Wildman–Crippen LogP) is 4.08. The molecule has 0 aliphatic carbocycles. The van der Waals surface area contributed by atoms with Crippen molar-refractivity contribution in [3.8, 4) is 0 Å². The van der Waals surface area contributed by atoms with Crippen LogP contribution in [-0.4, -0.2) is 26.3 Å². The van der Waals surface area contributed by atoms with Crippen LogP contribution in [0.3, 0.4) is 0 Å². The number of aliphatic hydroxyl groups excluding tert-OH is 1.